The van der Waals surface area contributed by atoms with E-state index in [1.165, 1.54) is 48.4 Å². The summed E-state index contributed by atoms with van der Waals surface area (Å²) >= 11 is 1.41. The van der Waals surface area contributed by atoms with Gasteiger partial charge in [-0.2, -0.15) is 0 Å². The number of aliphatic carboxylic acids is 1. The largest absolute Gasteiger partial charge is 0.573 e. The molecule has 11 heteroatoms. The summed E-state index contributed by atoms with van der Waals surface area (Å²) in [5.74, 6) is -0.336. The lowest BCUT2D eigenvalue weighted by Crippen LogP contribution is -2.29. The average Bonchev–Trinajstić information content (AvgIpc) is 3.39. The lowest BCUT2D eigenvalue weighted by atomic mass is 10.0. The highest BCUT2D eigenvalue weighted by Crippen LogP contribution is 2.40. The van der Waals surface area contributed by atoms with Crippen LogP contribution in [0.25, 0.3) is 21.7 Å². The average molecular weight is 613 g/mol. The normalized spacial score (nSPS) is 13.6. The molecule has 0 aliphatic carbocycles. The maximum absolute atomic E-state index is 12.7. The van der Waals surface area contributed by atoms with Crippen LogP contribution in [0.3, 0.4) is 0 Å². The zero-order chi connectivity index (χ0) is 30.6. The minimum absolute atomic E-state index is 0.159. The van der Waals surface area contributed by atoms with Crippen LogP contribution in [-0.4, -0.2) is 42.1 Å². The molecule has 1 saturated heterocycles. The first-order valence-electron chi connectivity index (χ1n) is 13.9. The molecule has 1 aliphatic heterocycles. The second kappa shape index (κ2) is 12.9. The molecule has 0 spiro atoms. The van der Waals surface area contributed by atoms with E-state index in [0.717, 1.165) is 40.4 Å². The van der Waals surface area contributed by atoms with Crippen molar-refractivity contribution in [2.75, 3.05) is 24.6 Å². The van der Waals surface area contributed by atoms with E-state index in [1.807, 2.05) is 6.92 Å². The number of anilines is 1. The molecule has 4 aromatic rings. The number of carboxylic acid groups (broad SMARTS) is 1. The number of rotatable bonds is 10. The summed E-state index contributed by atoms with van der Waals surface area (Å²) in [6.45, 7) is 5.62. The first-order chi connectivity index (χ1) is 20.6. The number of aryl methyl sites for hydroxylation is 2. The third kappa shape index (κ3) is 7.78. The van der Waals surface area contributed by atoms with Crippen LogP contribution in [0, 0.1) is 13.8 Å². The van der Waals surface area contributed by atoms with Gasteiger partial charge in [-0.1, -0.05) is 6.07 Å². The number of benzene rings is 3. The minimum atomic E-state index is -4.77. The van der Waals surface area contributed by atoms with Crippen molar-refractivity contribution in [3.63, 3.8) is 0 Å². The molecule has 2 heterocycles. The number of piperidine rings is 1. The van der Waals surface area contributed by atoms with E-state index in [4.69, 9.17) is 19.6 Å². The highest BCUT2D eigenvalue weighted by atomic mass is 32.1. The van der Waals surface area contributed by atoms with Gasteiger partial charge in [0.25, 0.3) is 0 Å². The Morgan fingerprint density at radius 3 is 2.30 bits per heavy atom. The van der Waals surface area contributed by atoms with Gasteiger partial charge in [0.15, 0.2) is 6.61 Å². The van der Waals surface area contributed by atoms with Gasteiger partial charge in [-0.25, -0.2) is 9.78 Å². The van der Waals surface area contributed by atoms with Crippen LogP contribution >= 0.6 is 11.3 Å². The summed E-state index contributed by atoms with van der Waals surface area (Å²) in [5.41, 5.74) is 5.32. The molecule has 0 bridgehead atoms. The Bertz CT molecular complexity index is 1580. The van der Waals surface area contributed by atoms with Crippen molar-refractivity contribution < 1.29 is 37.3 Å². The number of halogens is 3. The van der Waals surface area contributed by atoms with Gasteiger partial charge in [0.1, 0.15) is 28.9 Å². The molecule has 0 atom stereocenters. The number of aromatic nitrogens is 1. The van der Waals surface area contributed by atoms with E-state index in [9.17, 15) is 18.0 Å². The molecule has 0 saturated carbocycles. The number of carbonyl (C=O) groups is 1. The summed E-state index contributed by atoms with van der Waals surface area (Å²) in [7, 11) is 0. The highest BCUT2D eigenvalue weighted by molar-refractivity contribution is 7.15. The molecular formula is C32H31F3N2O5S. The van der Waals surface area contributed by atoms with Crippen LogP contribution in [0.4, 0.5) is 18.9 Å². The Labute approximate surface area is 251 Å². The SMILES string of the molecule is Cc1cc(OCc2nc(-c3ccc(N4CCCCC4)cc3C)c(-c3ccc(OC(F)(F)F)cc3)s2)ccc1OCC(=O)O. The second-order valence-corrected chi connectivity index (χ2v) is 11.4. The zero-order valence-corrected chi connectivity index (χ0v) is 24.6. The molecule has 43 heavy (non-hydrogen) atoms. The fourth-order valence-electron chi connectivity index (χ4n) is 5.03. The molecule has 0 unspecified atom stereocenters. The van der Waals surface area contributed by atoms with E-state index < -0.39 is 18.9 Å². The van der Waals surface area contributed by atoms with Crippen molar-refractivity contribution in [2.45, 2.75) is 46.1 Å². The van der Waals surface area contributed by atoms with Crippen molar-refractivity contribution in [3.05, 3.63) is 76.8 Å². The third-order valence-electron chi connectivity index (χ3n) is 7.07. The Kier molecular flexibility index (Phi) is 9.10. The van der Waals surface area contributed by atoms with Crippen LogP contribution in [0.1, 0.15) is 35.4 Å². The highest BCUT2D eigenvalue weighted by Gasteiger charge is 2.31. The Morgan fingerprint density at radius 2 is 1.65 bits per heavy atom. The van der Waals surface area contributed by atoms with Crippen molar-refractivity contribution in [1.82, 2.24) is 4.98 Å². The number of carboxylic acids is 1. The van der Waals surface area contributed by atoms with Gasteiger partial charge in [0.05, 0.1) is 10.6 Å². The number of alkyl halides is 3. The van der Waals surface area contributed by atoms with Gasteiger partial charge in [0, 0.05) is 24.3 Å². The Balaban J connectivity index is 1.43. The number of hydrogen-bond acceptors (Lipinski definition) is 7. The van der Waals surface area contributed by atoms with Crippen molar-refractivity contribution in [3.8, 4) is 38.9 Å². The summed E-state index contributed by atoms with van der Waals surface area (Å²) in [6, 6.07) is 17.2. The van der Waals surface area contributed by atoms with Gasteiger partial charge < -0.3 is 24.2 Å². The lowest BCUT2D eigenvalue weighted by molar-refractivity contribution is -0.274. The van der Waals surface area contributed by atoms with Crippen molar-refractivity contribution in [1.29, 1.82) is 0 Å². The molecular weight excluding hydrogens is 581 g/mol. The number of thiazole rings is 1. The van der Waals surface area contributed by atoms with Crippen LogP contribution in [0.15, 0.2) is 60.7 Å². The standard InChI is InChI=1S/C32H31F3N2O5S/c1-20-16-23(37-14-4-3-5-15-37)8-12-26(20)30-31(22-6-9-24(10-7-22)42-32(33,34)35)43-28(36-30)18-40-25-11-13-27(21(2)17-25)41-19-29(38)39/h6-13,16-17H,3-5,14-15,18-19H2,1-2H3,(H,38,39). The summed E-state index contributed by atoms with van der Waals surface area (Å²) < 4.78 is 53.6. The first-order valence-corrected chi connectivity index (χ1v) is 14.7. The third-order valence-corrected chi connectivity index (χ3v) is 8.15. The Morgan fingerprint density at radius 1 is 0.930 bits per heavy atom. The number of hydrogen-bond donors (Lipinski definition) is 1. The van der Waals surface area contributed by atoms with E-state index in [1.54, 1.807) is 37.3 Å². The number of nitrogens with zero attached hydrogens (tertiary/aromatic N) is 2. The predicted octanol–water partition coefficient (Wildman–Crippen LogP) is 8.03. The molecule has 1 aliphatic rings. The summed E-state index contributed by atoms with van der Waals surface area (Å²) in [5, 5.41) is 9.54. The fraction of sp³-hybridized carbons (Fsp3) is 0.312. The summed E-state index contributed by atoms with van der Waals surface area (Å²) in [4.78, 5) is 18.9. The van der Waals surface area contributed by atoms with Crippen molar-refractivity contribution in [2.24, 2.45) is 0 Å². The van der Waals surface area contributed by atoms with Gasteiger partial charge in [-0.15, -0.1) is 24.5 Å². The molecule has 0 radical (unpaired) electrons. The van der Waals surface area contributed by atoms with E-state index in [0.29, 0.717) is 22.1 Å². The molecule has 226 valence electrons. The molecule has 1 aromatic heterocycles. The van der Waals surface area contributed by atoms with E-state index in [2.05, 4.69) is 27.8 Å². The summed E-state index contributed by atoms with van der Waals surface area (Å²) in [6.07, 6.45) is -1.18. The zero-order valence-electron chi connectivity index (χ0n) is 23.7. The van der Waals surface area contributed by atoms with E-state index >= 15 is 0 Å². The molecule has 1 N–H and O–H groups in total. The topological polar surface area (TPSA) is 81.1 Å². The van der Waals surface area contributed by atoms with Crippen LogP contribution in [0.5, 0.6) is 17.2 Å². The quantitative estimate of drug-likeness (QED) is 0.194. The van der Waals surface area contributed by atoms with Gasteiger partial charge in [-0.3, -0.25) is 0 Å². The van der Waals surface area contributed by atoms with E-state index in [-0.39, 0.29) is 12.4 Å². The Hall–Kier alpha value is -4.25. The van der Waals surface area contributed by atoms with Gasteiger partial charge >= 0.3 is 12.3 Å². The van der Waals surface area contributed by atoms with Gasteiger partial charge in [0.2, 0.25) is 0 Å². The second-order valence-electron chi connectivity index (χ2n) is 10.3. The smallest absolute Gasteiger partial charge is 0.486 e. The first kappa shape index (κ1) is 30.2. The molecule has 1 fully saturated rings. The predicted molar refractivity (Wildman–Crippen MR) is 159 cm³/mol. The van der Waals surface area contributed by atoms with Crippen LogP contribution < -0.4 is 19.1 Å². The monoisotopic (exact) mass is 612 g/mol. The van der Waals surface area contributed by atoms with Gasteiger partial charge in [-0.05, 0) is 104 Å². The fourth-order valence-corrected chi connectivity index (χ4v) is 6.03. The maximum atomic E-state index is 12.7. The maximum Gasteiger partial charge on any atom is 0.573 e. The molecule has 3 aromatic carbocycles. The van der Waals surface area contributed by atoms with Crippen molar-refractivity contribution >= 4 is 23.0 Å². The minimum Gasteiger partial charge on any atom is -0.486 e. The number of ether oxygens (including phenoxy) is 3. The van der Waals surface area contributed by atoms with Crippen LogP contribution in [0.2, 0.25) is 0 Å². The lowest BCUT2D eigenvalue weighted by Gasteiger charge is -2.29. The molecule has 5 rings (SSSR count). The molecule has 0 amide bonds. The van der Waals surface area contributed by atoms with Crippen LogP contribution in [-0.2, 0) is 11.4 Å². The molecule has 7 nitrogen and oxygen atoms in total.